The summed E-state index contributed by atoms with van der Waals surface area (Å²) in [5.74, 6) is 1.78. The number of aromatic nitrogens is 6. The van der Waals surface area contributed by atoms with Crippen molar-refractivity contribution in [1.29, 1.82) is 10.5 Å². The average Bonchev–Trinajstić information content (AvgIpc) is 1.45. The molecule has 98 heavy (non-hydrogen) atoms. The highest BCUT2D eigenvalue weighted by molar-refractivity contribution is 6.24. The van der Waals surface area contributed by atoms with E-state index in [-0.39, 0.29) is 22.2 Å². The Morgan fingerprint density at radius 2 is 0.786 bits per heavy atom. The molecular formula is C87H58N10O. The monoisotopic (exact) mass is 1260 g/mol. The van der Waals surface area contributed by atoms with Gasteiger partial charge in [-0.2, -0.15) is 10.5 Å². The van der Waals surface area contributed by atoms with E-state index in [9.17, 15) is 10.5 Å². The number of furan rings is 1. The van der Waals surface area contributed by atoms with Gasteiger partial charge in [0, 0.05) is 66.2 Å². The summed E-state index contributed by atoms with van der Waals surface area (Å²) in [5.41, 5.74) is 22.6. The molecule has 18 rings (SSSR count). The first kappa shape index (κ1) is 57.6. The standard InChI is InChI=1S/C87H58N10O/c1-86(2)65-27-13-18-32-73(65)95(74-33-19-14-28-66(74)86)59-41-35-53(36-42-59)80-81(91-70(52-89)69(51-88)90-80)54-37-43-60(44-38-54)96-75-34-20-15-29-67(75)87(3,4)68-50-58(39-46-76(68)96)57-40-48-78-64(49-57)61-45-47-77-79(82(61)98-78)62-25-11-16-30-71(62)97(77)72-31-17-12-26-63(72)85-93-83(55-21-7-5-8-22-55)92-84(94-85)56-23-9-6-10-24-56/h5-50H,1-4H3. The van der Waals surface area contributed by atoms with Crippen LogP contribution in [-0.2, 0) is 10.8 Å². The number of benzene rings is 12. The van der Waals surface area contributed by atoms with Crippen molar-refractivity contribution in [2.45, 2.75) is 38.5 Å². The number of nitriles is 2. The predicted octanol–water partition coefficient (Wildman–Crippen LogP) is 21.6. The van der Waals surface area contributed by atoms with Gasteiger partial charge in [0.1, 0.15) is 23.3 Å². The van der Waals surface area contributed by atoms with Crippen LogP contribution in [0.2, 0.25) is 0 Å². The lowest BCUT2D eigenvalue weighted by molar-refractivity contribution is 0.632. The van der Waals surface area contributed by atoms with Crippen molar-refractivity contribution in [3.63, 3.8) is 0 Å². The Balaban J connectivity index is 0.703. The van der Waals surface area contributed by atoms with Crippen molar-refractivity contribution in [2.24, 2.45) is 0 Å². The van der Waals surface area contributed by atoms with Gasteiger partial charge in [0.05, 0.1) is 56.2 Å². The molecule has 0 N–H and O–H groups in total. The Kier molecular flexibility index (Phi) is 13.1. The topological polar surface area (TPSA) is 137 Å². The highest BCUT2D eigenvalue weighted by Gasteiger charge is 2.39. The van der Waals surface area contributed by atoms with Crippen molar-refractivity contribution in [3.8, 4) is 85.6 Å². The molecule has 6 heterocycles. The summed E-state index contributed by atoms with van der Waals surface area (Å²) in [6.45, 7) is 9.18. The molecule has 0 aliphatic carbocycles. The average molecular weight is 1260 g/mol. The van der Waals surface area contributed by atoms with Gasteiger partial charge in [0.2, 0.25) is 0 Å². The molecule has 11 heteroatoms. The fourth-order valence-corrected chi connectivity index (χ4v) is 15.2. The number of fused-ring (bicyclic) bond motifs is 11. The van der Waals surface area contributed by atoms with Gasteiger partial charge in [-0.05, 0) is 130 Å². The molecule has 4 aromatic heterocycles. The van der Waals surface area contributed by atoms with Crippen LogP contribution in [-0.4, -0.2) is 29.5 Å². The molecule has 0 bridgehead atoms. The molecule has 16 aromatic rings. The van der Waals surface area contributed by atoms with E-state index < -0.39 is 0 Å². The van der Waals surface area contributed by atoms with E-state index in [0.29, 0.717) is 28.9 Å². The molecule has 11 nitrogen and oxygen atoms in total. The summed E-state index contributed by atoms with van der Waals surface area (Å²) < 4.78 is 9.35. The predicted molar refractivity (Wildman–Crippen MR) is 393 cm³/mol. The maximum Gasteiger partial charge on any atom is 0.177 e. The Morgan fingerprint density at radius 3 is 1.35 bits per heavy atom. The molecule has 462 valence electrons. The number of para-hydroxylation sites is 5. The fraction of sp³-hybridized carbons (Fsp3) is 0.0690. The maximum atomic E-state index is 10.3. The van der Waals surface area contributed by atoms with E-state index in [4.69, 9.17) is 29.3 Å². The molecule has 0 saturated heterocycles. The zero-order valence-corrected chi connectivity index (χ0v) is 53.9. The van der Waals surface area contributed by atoms with E-state index in [1.54, 1.807) is 0 Å². The number of anilines is 6. The second-order valence-electron chi connectivity index (χ2n) is 26.2. The third-order valence-electron chi connectivity index (χ3n) is 20.0. The Hall–Kier alpha value is -13.1. The van der Waals surface area contributed by atoms with Gasteiger partial charge in [0.15, 0.2) is 28.9 Å². The molecule has 0 atom stereocenters. The normalized spacial score (nSPS) is 13.4. The fourth-order valence-electron chi connectivity index (χ4n) is 15.2. The number of nitrogens with zero attached hydrogens (tertiary/aromatic N) is 10. The van der Waals surface area contributed by atoms with E-state index in [2.05, 4.69) is 242 Å². The molecule has 0 saturated carbocycles. The summed E-state index contributed by atoms with van der Waals surface area (Å²) >= 11 is 0. The number of hydrogen-bond acceptors (Lipinski definition) is 10. The van der Waals surface area contributed by atoms with E-state index in [1.807, 2.05) is 91.0 Å². The van der Waals surface area contributed by atoms with Crippen LogP contribution in [0.3, 0.4) is 0 Å². The minimum absolute atomic E-state index is 0.0238. The maximum absolute atomic E-state index is 10.3. The molecule has 0 amide bonds. The second-order valence-corrected chi connectivity index (χ2v) is 26.2. The van der Waals surface area contributed by atoms with E-state index >= 15 is 0 Å². The van der Waals surface area contributed by atoms with Gasteiger partial charge in [-0.15, -0.1) is 0 Å². The van der Waals surface area contributed by atoms with Gasteiger partial charge in [-0.1, -0.05) is 210 Å². The van der Waals surface area contributed by atoms with Crippen LogP contribution >= 0.6 is 0 Å². The lowest BCUT2D eigenvalue weighted by Gasteiger charge is -2.42. The summed E-state index contributed by atoms with van der Waals surface area (Å²) in [4.78, 5) is 29.8. The number of hydrogen-bond donors (Lipinski definition) is 0. The van der Waals surface area contributed by atoms with Crippen LogP contribution in [0.25, 0.3) is 117 Å². The minimum Gasteiger partial charge on any atom is -0.455 e. The zero-order chi connectivity index (χ0) is 66.0. The lowest BCUT2D eigenvalue weighted by atomic mass is 9.73. The third kappa shape index (κ3) is 8.98. The molecule has 0 fully saturated rings. The van der Waals surface area contributed by atoms with Crippen LogP contribution in [0.4, 0.5) is 34.1 Å². The summed E-state index contributed by atoms with van der Waals surface area (Å²) in [7, 11) is 0. The largest absolute Gasteiger partial charge is 0.455 e. The molecule has 2 aliphatic rings. The first-order valence-electron chi connectivity index (χ1n) is 32.8. The molecule has 0 radical (unpaired) electrons. The number of rotatable bonds is 9. The minimum atomic E-state index is -0.380. The second kappa shape index (κ2) is 22.3. The first-order valence-corrected chi connectivity index (χ1v) is 32.8. The highest BCUT2D eigenvalue weighted by atomic mass is 16.3. The smallest absolute Gasteiger partial charge is 0.177 e. The van der Waals surface area contributed by atoms with Crippen LogP contribution in [0.15, 0.2) is 283 Å². The molecule has 2 aliphatic heterocycles. The van der Waals surface area contributed by atoms with Crippen molar-refractivity contribution in [1.82, 2.24) is 29.5 Å². The Bertz CT molecular complexity index is 5930. The van der Waals surface area contributed by atoms with Crippen LogP contribution in [0, 0.1) is 22.7 Å². The van der Waals surface area contributed by atoms with Gasteiger partial charge in [-0.25, -0.2) is 24.9 Å². The summed E-state index contributed by atoms with van der Waals surface area (Å²) in [6.07, 6.45) is 0. The lowest BCUT2D eigenvalue weighted by Crippen LogP contribution is -2.30. The highest BCUT2D eigenvalue weighted by Crippen LogP contribution is 2.55. The SMILES string of the molecule is CC1(C)c2ccccc2N(c2ccc(-c3nc(C#N)c(C#N)nc3-c3ccc(N4c5ccccc5C(C)(C)c5cc(-c6ccc7oc8c(ccc9c8c8ccccc8n9-c8ccccc8-c8nc(-c9ccccc9)nc(-c9ccccc9)n8)c7c6)ccc54)cc3)cc2)c2ccccc21. The van der Waals surface area contributed by atoms with Gasteiger partial charge < -0.3 is 18.8 Å². The van der Waals surface area contributed by atoms with E-state index in [0.717, 1.165) is 123 Å². The molecular weight excluding hydrogens is 1200 g/mol. The first-order chi connectivity index (χ1) is 48.0. The van der Waals surface area contributed by atoms with E-state index in [1.165, 1.54) is 22.3 Å². The summed E-state index contributed by atoms with van der Waals surface area (Å²) in [5, 5.41) is 24.8. The van der Waals surface area contributed by atoms with Gasteiger partial charge in [-0.3, -0.25) is 0 Å². The molecule has 12 aromatic carbocycles. The molecule has 0 spiro atoms. The van der Waals surface area contributed by atoms with Crippen molar-refractivity contribution in [3.05, 3.63) is 313 Å². The Morgan fingerprint density at radius 1 is 0.337 bits per heavy atom. The zero-order valence-electron chi connectivity index (χ0n) is 53.9. The van der Waals surface area contributed by atoms with Crippen LogP contribution in [0.5, 0.6) is 0 Å². The van der Waals surface area contributed by atoms with Crippen molar-refractivity contribution >= 4 is 77.9 Å². The quantitative estimate of drug-likeness (QED) is 0.137. The van der Waals surface area contributed by atoms with Crippen molar-refractivity contribution in [2.75, 3.05) is 9.80 Å². The molecule has 0 unspecified atom stereocenters. The third-order valence-corrected chi connectivity index (χ3v) is 20.0. The van der Waals surface area contributed by atoms with Crippen LogP contribution in [0.1, 0.15) is 61.3 Å². The van der Waals surface area contributed by atoms with Crippen molar-refractivity contribution < 1.29 is 4.42 Å². The van der Waals surface area contributed by atoms with Gasteiger partial charge in [0.25, 0.3) is 0 Å². The van der Waals surface area contributed by atoms with Gasteiger partial charge >= 0.3 is 0 Å². The Labute approximate surface area is 565 Å². The summed E-state index contributed by atoms with van der Waals surface area (Å²) in [6, 6.07) is 102. The van der Waals surface area contributed by atoms with Crippen LogP contribution < -0.4 is 9.80 Å².